The summed E-state index contributed by atoms with van der Waals surface area (Å²) in [6, 6.07) is 5.91. The van der Waals surface area contributed by atoms with Gasteiger partial charge in [0, 0.05) is 5.69 Å². The third-order valence-electron chi connectivity index (χ3n) is 2.08. The van der Waals surface area contributed by atoms with E-state index in [-0.39, 0.29) is 11.9 Å². The SMILES string of the molecule is Cc1ccc(NCS(=O)OCCl)cc1C. The molecule has 0 bridgehead atoms. The van der Waals surface area contributed by atoms with Gasteiger partial charge in [0.25, 0.3) is 0 Å². The largest absolute Gasteiger partial charge is 0.372 e. The molecule has 1 aromatic carbocycles. The van der Waals surface area contributed by atoms with Gasteiger partial charge < -0.3 is 5.32 Å². The third kappa shape index (κ3) is 4.20. The van der Waals surface area contributed by atoms with Crippen molar-refractivity contribution in [3.8, 4) is 0 Å². The van der Waals surface area contributed by atoms with E-state index in [2.05, 4.69) is 5.32 Å². The van der Waals surface area contributed by atoms with Gasteiger partial charge in [0.2, 0.25) is 0 Å². The molecule has 3 nitrogen and oxygen atoms in total. The van der Waals surface area contributed by atoms with Gasteiger partial charge in [-0.2, -0.15) is 0 Å². The topological polar surface area (TPSA) is 38.3 Å². The third-order valence-corrected chi connectivity index (χ3v) is 3.08. The molecule has 5 heteroatoms. The molecule has 0 aromatic heterocycles. The summed E-state index contributed by atoms with van der Waals surface area (Å²) >= 11 is 3.91. The molecule has 0 radical (unpaired) electrons. The lowest BCUT2D eigenvalue weighted by atomic mass is 10.1. The van der Waals surface area contributed by atoms with E-state index in [9.17, 15) is 4.21 Å². The number of hydrogen-bond acceptors (Lipinski definition) is 3. The molecule has 0 aliphatic heterocycles. The molecule has 0 aliphatic rings. The van der Waals surface area contributed by atoms with Crippen LogP contribution in [0.3, 0.4) is 0 Å². The molecule has 0 saturated carbocycles. The fourth-order valence-electron chi connectivity index (χ4n) is 1.08. The molecule has 15 heavy (non-hydrogen) atoms. The summed E-state index contributed by atoms with van der Waals surface area (Å²) in [5.41, 5.74) is 3.37. The van der Waals surface area contributed by atoms with Crippen molar-refractivity contribution in [3.63, 3.8) is 0 Å². The van der Waals surface area contributed by atoms with Crippen molar-refractivity contribution in [1.82, 2.24) is 0 Å². The molecule has 0 spiro atoms. The molecular weight excluding hydrogens is 234 g/mol. The van der Waals surface area contributed by atoms with Crippen molar-refractivity contribution < 1.29 is 8.39 Å². The van der Waals surface area contributed by atoms with Crippen molar-refractivity contribution in [1.29, 1.82) is 0 Å². The molecule has 1 rings (SSSR count). The van der Waals surface area contributed by atoms with Gasteiger partial charge in [-0.05, 0) is 37.1 Å². The highest BCUT2D eigenvalue weighted by molar-refractivity contribution is 7.80. The summed E-state index contributed by atoms with van der Waals surface area (Å²) in [6.45, 7) is 4.08. The number of anilines is 1. The summed E-state index contributed by atoms with van der Waals surface area (Å²) in [5, 5.41) is 3.01. The van der Waals surface area contributed by atoms with Crippen LogP contribution < -0.4 is 5.32 Å². The number of benzene rings is 1. The summed E-state index contributed by atoms with van der Waals surface area (Å²) < 4.78 is 15.8. The van der Waals surface area contributed by atoms with Gasteiger partial charge in [0.1, 0.15) is 11.9 Å². The Morgan fingerprint density at radius 1 is 1.40 bits per heavy atom. The van der Waals surface area contributed by atoms with E-state index in [1.165, 1.54) is 11.1 Å². The summed E-state index contributed by atoms with van der Waals surface area (Å²) in [7, 11) is 0. The zero-order chi connectivity index (χ0) is 11.3. The highest BCUT2D eigenvalue weighted by Gasteiger charge is 2.00. The van der Waals surface area contributed by atoms with Crippen LogP contribution in [0.1, 0.15) is 11.1 Å². The smallest absolute Gasteiger partial charge is 0.176 e. The van der Waals surface area contributed by atoms with Crippen molar-refractivity contribution in [2.24, 2.45) is 0 Å². The number of alkyl halides is 1. The lowest BCUT2D eigenvalue weighted by Crippen LogP contribution is -2.10. The molecule has 0 amide bonds. The maximum absolute atomic E-state index is 11.1. The second kappa shape index (κ2) is 6.10. The van der Waals surface area contributed by atoms with E-state index in [0.29, 0.717) is 0 Å². The molecule has 1 atom stereocenters. The van der Waals surface area contributed by atoms with Crippen LogP contribution in [0.5, 0.6) is 0 Å². The lowest BCUT2D eigenvalue weighted by Gasteiger charge is -2.07. The molecule has 1 N–H and O–H groups in total. The zero-order valence-electron chi connectivity index (χ0n) is 8.75. The maximum Gasteiger partial charge on any atom is 0.176 e. The van der Waals surface area contributed by atoms with Crippen LogP contribution in [0, 0.1) is 13.8 Å². The van der Waals surface area contributed by atoms with Gasteiger partial charge in [-0.3, -0.25) is 4.18 Å². The second-order valence-electron chi connectivity index (χ2n) is 3.15. The van der Waals surface area contributed by atoms with Gasteiger partial charge in [0.15, 0.2) is 11.1 Å². The minimum atomic E-state index is -1.38. The Labute approximate surface area is 97.4 Å². The van der Waals surface area contributed by atoms with Crippen LogP contribution in [0.4, 0.5) is 5.69 Å². The van der Waals surface area contributed by atoms with Crippen LogP contribution in [0.25, 0.3) is 0 Å². The molecule has 0 heterocycles. The molecule has 1 aromatic rings. The Hall–Kier alpha value is -0.580. The summed E-state index contributed by atoms with van der Waals surface area (Å²) in [6.07, 6.45) is 0. The average Bonchev–Trinajstić information content (AvgIpc) is 2.20. The van der Waals surface area contributed by atoms with Crippen LogP contribution >= 0.6 is 11.6 Å². The Morgan fingerprint density at radius 3 is 2.73 bits per heavy atom. The minimum Gasteiger partial charge on any atom is -0.372 e. The van der Waals surface area contributed by atoms with E-state index < -0.39 is 11.1 Å². The number of hydrogen-bond donors (Lipinski definition) is 1. The summed E-state index contributed by atoms with van der Waals surface area (Å²) in [4.78, 5) is 0. The predicted octanol–water partition coefficient (Wildman–Crippen LogP) is 2.55. The molecule has 84 valence electrons. The van der Waals surface area contributed by atoms with Crippen molar-refractivity contribution >= 4 is 28.4 Å². The van der Waals surface area contributed by atoms with Gasteiger partial charge in [-0.1, -0.05) is 17.7 Å². The Balaban J connectivity index is 2.51. The fourth-order valence-corrected chi connectivity index (χ4v) is 1.85. The first kappa shape index (κ1) is 12.5. The lowest BCUT2D eigenvalue weighted by molar-refractivity contribution is 0.421. The van der Waals surface area contributed by atoms with Crippen molar-refractivity contribution in [2.45, 2.75) is 13.8 Å². The predicted molar refractivity (Wildman–Crippen MR) is 64.4 cm³/mol. The first-order chi connectivity index (χ1) is 7.13. The molecule has 1 unspecified atom stereocenters. The van der Waals surface area contributed by atoms with Crippen molar-refractivity contribution in [3.05, 3.63) is 29.3 Å². The zero-order valence-corrected chi connectivity index (χ0v) is 10.3. The average molecular weight is 248 g/mol. The minimum absolute atomic E-state index is 0.0543. The van der Waals surface area contributed by atoms with Gasteiger partial charge in [-0.25, -0.2) is 4.21 Å². The van der Waals surface area contributed by atoms with Crippen LogP contribution in [0.2, 0.25) is 0 Å². The van der Waals surface area contributed by atoms with Gasteiger partial charge in [0.05, 0.1) is 0 Å². The normalized spacial score (nSPS) is 12.5. The van der Waals surface area contributed by atoms with Crippen LogP contribution in [-0.4, -0.2) is 16.2 Å². The van der Waals surface area contributed by atoms with E-state index in [4.69, 9.17) is 15.8 Å². The van der Waals surface area contributed by atoms with Gasteiger partial charge >= 0.3 is 0 Å². The number of rotatable bonds is 5. The first-order valence-electron chi connectivity index (χ1n) is 4.52. The van der Waals surface area contributed by atoms with E-state index in [0.717, 1.165) is 5.69 Å². The number of halogens is 1. The Bertz CT molecular complexity index is 357. The standard InChI is InChI=1S/C10H14ClNO2S/c1-8-3-4-10(5-9(8)2)12-7-15(13)14-6-11/h3-5,12H,6-7H2,1-2H3. The number of aryl methyl sites for hydroxylation is 2. The van der Waals surface area contributed by atoms with E-state index >= 15 is 0 Å². The molecule has 0 saturated heterocycles. The van der Waals surface area contributed by atoms with Crippen molar-refractivity contribution in [2.75, 3.05) is 17.3 Å². The van der Waals surface area contributed by atoms with E-state index in [1.54, 1.807) is 0 Å². The van der Waals surface area contributed by atoms with E-state index in [1.807, 2.05) is 32.0 Å². The first-order valence-corrected chi connectivity index (χ1v) is 6.30. The fraction of sp³-hybridized carbons (Fsp3) is 0.400. The quantitative estimate of drug-likeness (QED) is 0.813. The highest BCUT2D eigenvalue weighted by Crippen LogP contribution is 2.13. The van der Waals surface area contributed by atoms with Gasteiger partial charge in [-0.15, -0.1) is 0 Å². The monoisotopic (exact) mass is 247 g/mol. The highest BCUT2D eigenvalue weighted by atomic mass is 35.5. The summed E-state index contributed by atoms with van der Waals surface area (Å²) in [5.74, 6) is 0.245. The molecular formula is C10H14ClNO2S. The Morgan fingerprint density at radius 2 is 2.13 bits per heavy atom. The number of nitrogens with one attached hydrogen (secondary N) is 1. The Kier molecular flexibility index (Phi) is 5.08. The van der Waals surface area contributed by atoms with Crippen LogP contribution in [-0.2, 0) is 15.3 Å². The maximum atomic E-state index is 11.1. The second-order valence-corrected chi connectivity index (χ2v) is 4.50. The molecule has 0 fully saturated rings. The molecule has 0 aliphatic carbocycles. The van der Waals surface area contributed by atoms with Crippen LogP contribution in [0.15, 0.2) is 18.2 Å².